The number of nitrogens with one attached hydrogen (secondary N) is 1. The summed E-state index contributed by atoms with van der Waals surface area (Å²) in [5.74, 6) is 0.0941. The van der Waals surface area contributed by atoms with E-state index in [1.807, 2.05) is 37.5 Å². The summed E-state index contributed by atoms with van der Waals surface area (Å²) in [5, 5.41) is 1.09. The number of benzene rings is 2. The van der Waals surface area contributed by atoms with E-state index in [0.717, 1.165) is 53.5 Å². The first-order valence-corrected chi connectivity index (χ1v) is 14.0. The van der Waals surface area contributed by atoms with Gasteiger partial charge in [0.1, 0.15) is 0 Å². The van der Waals surface area contributed by atoms with Crippen LogP contribution in [0.5, 0.6) is 0 Å². The van der Waals surface area contributed by atoms with Gasteiger partial charge in [-0.05, 0) is 79.7 Å². The van der Waals surface area contributed by atoms with Crippen molar-refractivity contribution in [3.8, 4) is 11.1 Å². The Morgan fingerprint density at radius 2 is 1.86 bits per heavy atom. The highest BCUT2D eigenvalue weighted by Gasteiger charge is 2.29. The van der Waals surface area contributed by atoms with Gasteiger partial charge in [0.15, 0.2) is 0 Å². The maximum Gasteiger partial charge on any atom is 0.221 e. The minimum atomic E-state index is -3.24. The Morgan fingerprint density at radius 3 is 2.51 bits per heavy atom. The van der Waals surface area contributed by atoms with E-state index in [0.29, 0.717) is 19.5 Å². The van der Waals surface area contributed by atoms with Crippen molar-refractivity contribution >= 4 is 26.8 Å². The van der Waals surface area contributed by atoms with Crippen molar-refractivity contribution in [3.63, 3.8) is 0 Å². The highest BCUT2D eigenvalue weighted by Crippen LogP contribution is 2.37. The van der Waals surface area contributed by atoms with Crippen molar-refractivity contribution < 1.29 is 13.2 Å². The predicted octanol–water partition coefficient (Wildman–Crippen LogP) is 3.71. The maximum atomic E-state index is 12.9. The van der Waals surface area contributed by atoms with Crippen LogP contribution in [0.15, 0.2) is 48.7 Å². The minimum absolute atomic E-state index is 0.168. The van der Waals surface area contributed by atoms with Crippen molar-refractivity contribution in [1.29, 1.82) is 0 Å². The quantitative estimate of drug-likeness (QED) is 0.447. The van der Waals surface area contributed by atoms with Crippen LogP contribution in [0.2, 0.25) is 0 Å². The highest BCUT2D eigenvalue weighted by molar-refractivity contribution is 7.89. The summed E-state index contributed by atoms with van der Waals surface area (Å²) < 4.78 is 27.4. The second-order valence-corrected chi connectivity index (χ2v) is 11.6. The lowest BCUT2D eigenvalue weighted by atomic mass is 9.88. The molecule has 3 N–H and O–H groups in total. The number of rotatable bonds is 10. The molecule has 1 amide bonds. The molecule has 0 unspecified atom stereocenters. The Bertz CT molecular complexity index is 1260. The average Bonchev–Trinajstić information content (AvgIpc) is 3.28. The van der Waals surface area contributed by atoms with Crippen LogP contribution in [-0.2, 0) is 21.2 Å². The predicted molar refractivity (Wildman–Crippen MR) is 142 cm³/mol. The van der Waals surface area contributed by atoms with E-state index in [1.165, 1.54) is 5.56 Å². The Hall–Kier alpha value is -2.68. The van der Waals surface area contributed by atoms with Crippen LogP contribution in [0.3, 0.4) is 0 Å². The van der Waals surface area contributed by atoms with Crippen LogP contribution in [-0.4, -0.2) is 67.5 Å². The molecule has 0 bridgehead atoms. The molecule has 2 aromatic carbocycles. The molecular weight excluding hydrogens is 460 g/mol. The van der Waals surface area contributed by atoms with Crippen molar-refractivity contribution in [3.05, 3.63) is 59.8 Å². The fourth-order valence-electron chi connectivity index (χ4n) is 5.04. The lowest BCUT2D eigenvalue weighted by Crippen LogP contribution is -2.39. The Labute approximate surface area is 208 Å². The fourth-order valence-corrected chi connectivity index (χ4v) is 6.56. The van der Waals surface area contributed by atoms with Crippen molar-refractivity contribution in [2.45, 2.75) is 38.5 Å². The van der Waals surface area contributed by atoms with Crippen molar-refractivity contribution in [2.75, 3.05) is 39.0 Å². The Kier molecular flexibility index (Phi) is 7.94. The number of H-pyrrole nitrogens is 1. The number of aromatic amines is 1. The highest BCUT2D eigenvalue weighted by atomic mass is 32.2. The van der Waals surface area contributed by atoms with Gasteiger partial charge in [-0.2, -0.15) is 0 Å². The zero-order valence-electron chi connectivity index (χ0n) is 20.7. The summed E-state index contributed by atoms with van der Waals surface area (Å²) in [6, 6.07) is 14.3. The largest absolute Gasteiger partial charge is 0.369 e. The lowest BCUT2D eigenvalue weighted by molar-refractivity contribution is -0.117. The van der Waals surface area contributed by atoms with E-state index < -0.39 is 10.0 Å². The van der Waals surface area contributed by atoms with E-state index in [-0.39, 0.29) is 24.0 Å². The van der Waals surface area contributed by atoms with Gasteiger partial charge < -0.3 is 15.6 Å². The zero-order valence-corrected chi connectivity index (χ0v) is 21.5. The molecule has 1 saturated heterocycles. The van der Waals surface area contributed by atoms with Gasteiger partial charge in [0.25, 0.3) is 0 Å². The smallest absolute Gasteiger partial charge is 0.221 e. The van der Waals surface area contributed by atoms with Crippen LogP contribution in [0.4, 0.5) is 0 Å². The number of hydrogen-bond donors (Lipinski definition) is 2. The number of nitrogens with zero attached hydrogens (tertiary/aromatic N) is 2. The lowest BCUT2D eigenvalue weighted by Gasteiger charge is -2.31. The summed E-state index contributed by atoms with van der Waals surface area (Å²) in [4.78, 5) is 17.3. The van der Waals surface area contributed by atoms with Gasteiger partial charge in [-0.1, -0.05) is 37.3 Å². The third kappa shape index (κ3) is 5.94. The standard InChI is InChI=1S/C27H36N4O3S/c1-3-30(2)12-7-15-35(33,34)31-13-10-21(11-14-31)25-19-29-27-23(18-26(28)32)16-22(17-24(25)27)20-8-5-4-6-9-20/h4-6,8-9,16-17,19,21,29H,3,7,10-15,18H2,1-2H3,(H2,28,32). The van der Waals surface area contributed by atoms with E-state index in [9.17, 15) is 13.2 Å². The third-order valence-corrected chi connectivity index (χ3v) is 9.10. The Balaban J connectivity index is 1.54. The SMILES string of the molecule is CCN(C)CCCS(=O)(=O)N1CCC(c2c[nH]c3c(CC(N)=O)cc(-c4ccccc4)cc23)CC1. The molecule has 0 spiro atoms. The van der Waals surface area contributed by atoms with Crippen LogP contribution in [0.25, 0.3) is 22.0 Å². The topological polar surface area (TPSA) is 99.5 Å². The zero-order chi connectivity index (χ0) is 25.0. The molecule has 8 heteroatoms. The molecule has 188 valence electrons. The summed E-state index contributed by atoms with van der Waals surface area (Å²) >= 11 is 0. The molecule has 1 aromatic heterocycles. The molecule has 2 heterocycles. The third-order valence-electron chi connectivity index (χ3n) is 7.14. The van der Waals surface area contributed by atoms with E-state index in [2.05, 4.69) is 35.0 Å². The van der Waals surface area contributed by atoms with E-state index >= 15 is 0 Å². The first-order chi connectivity index (χ1) is 16.8. The summed E-state index contributed by atoms with van der Waals surface area (Å²) in [5.41, 5.74) is 10.7. The Morgan fingerprint density at radius 1 is 1.14 bits per heavy atom. The van der Waals surface area contributed by atoms with Gasteiger partial charge in [0, 0.05) is 30.2 Å². The van der Waals surface area contributed by atoms with Gasteiger partial charge in [0.2, 0.25) is 15.9 Å². The minimum Gasteiger partial charge on any atom is -0.369 e. The van der Waals surface area contributed by atoms with Gasteiger partial charge in [-0.15, -0.1) is 0 Å². The molecule has 35 heavy (non-hydrogen) atoms. The monoisotopic (exact) mass is 496 g/mol. The normalized spacial score (nSPS) is 15.7. The summed E-state index contributed by atoms with van der Waals surface area (Å²) in [6.07, 6.45) is 4.41. The number of nitrogens with two attached hydrogens (primary N) is 1. The molecule has 0 aliphatic carbocycles. The van der Waals surface area contributed by atoms with Crippen LogP contribution in [0.1, 0.15) is 43.2 Å². The molecule has 0 atom stereocenters. The van der Waals surface area contributed by atoms with Gasteiger partial charge >= 0.3 is 0 Å². The van der Waals surface area contributed by atoms with Gasteiger partial charge in [-0.3, -0.25) is 4.79 Å². The maximum absolute atomic E-state index is 12.9. The molecule has 4 rings (SSSR count). The number of amides is 1. The number of aromatic nitrogens is 1. The average molecular weight is 497 g/mol. The molecule has 3 aromatic rings. The number of primary amides is 1. The molecule has 1 aliphatic rings. The van der Waals surface area contributed by atoms with Crippen molar-refractivity contribution in [1.82, 2.24) is 14.2 Å². The van der Waals surface area contributed by atoms with Crippen molar-refractivity contribution in [2.24, 2.45) is 5.73 Å². The van der Waals surface area contributed by atoms with E-state index in [4.69, 9.17) is 5.73 Å². The molecular formula is C27H36N4O3S. The number of carbonyl (C=O) groups is 1. The van der Waals surface area contributed by atoms with Crippen LogP contribution < -0.4 is 5.73 Å². The molecule has 1 aliphatic heterocycles. The molecule has 7 nitrogen and oxygen atoms in total. The second-order valence-electron chi connectivity index (χ2n) is 9.55. The van der Waals surface area contributed by atoms with Crippen LogP contribution in [0, 0.1) is 0 Å². The number of piperidine rings is 1. The molecule has 1 fully saturated rings. The fraction of sp³-hybridized carbons (Fsp3) is 0.444. The number of fused-ring (bicyclic) bond motifs is 1. The van der Waals surface area contributed by atoms with Crippen LogP contribution >= 0.6 is 0 Å². The van der Waals surface area contributed by atoms with Gasteiger partial charge in [-0.25, -0.2) is 12.7 Å². The van der Waals surface area contributed by atoms with Gasteiger partial charge in [0.05, 0.1) is 12.2 Å². The number of carbonyl (C=O) groups excluding carboxylic acids is 1. The second kappa shape index (κ2) is 10.9. The van der Waals surface area contributed by atoms with E-state index in [1.54, 1.807) is 4.31 Å². The molecule has 0 radical (unpaired) electrons. The first kappa shape index (κ1) is 25.4. The molecule has 0 saturated carbocycles. The first-order valence-electron chi connectivity index (χ1n) is 12.4. The summed E-state index contributed by atoms with van der Waals surface area (Å²) in [7, 11) is -1.23. The summed E-state index contributed by atoms with van der Waals surface area (Å²) in [6.45, 7) is 4.86. The number of sulfonamides is 1. The number of hydrogen-bond acceptors (Lipinski definition) is 4.